The van der Waals surface area contributed by atoms with Crippen LogP contribution in [0.4, 0.5) is 10.8 Å². The fourth-order valence-electron chi connectivity index (χ4n) is 3.31. The second-order valence-electron chi connectivity index (χ2n) is 7.62. The number of nitrogens with zero attached hydrogens (tertiary/aromatic N) is 1. The number of carbonyl (C=O) groups excluding carboxylic acids is 2. The Labute approximate surface area is 209 Å². The molecule has 5 aromatic rings. The van der Waals surface area contributed by atoms with E-state index in [9.17, 15) is 9.59 Å². The van der Waals surface area contributed by atoms with Crippen LogP contribution >= 0.6 is 22.9 Å². The van der Waals surface area contributed by atoms with Gasteiger partial charge in [0.1, 0.15) is 11.5 Å². The molecule has 7 nitrogen and oxygen atoms in total. The van der Waals surface area contributed by atoms with Crippen LogP contribution in [0.15, 0.2) is 81.8 Å². The summed E-state index contributed by atoms with van der Waals surface area (Å²) in [6.45, 7) is 1.94. The first-order chi connectivity index (χ1) is 16.9. The minimum atomic E-state index is -0.376. The van der Waals surface area contributed by atoms with E-state index in [0.717, 1.165) is 15.8 Å². The summed E-state index contributed by atoms with van der Waals surface area (Å²) in [5.74, 6) is 0.727. The molecule has 0 aliphatic carbocycles. The third-order valence-electron chi connectivity index (χ3n) is 5.10. The molecule has 0 radical (unpaired) electrons. The van der Waals surface area contributed by atoms with Crippen molar-refractivity contribution in [1.82, 2.24) is 4.98 Å². The maximum atomic E-state index is 12.4. The summed E-state index contributed by atoms with van der Waals surface area (Å²) >= 11 is 7.50. The van der Waals surface area contributed by atoms with Crippen molar-refractivity contribution in [2.45, 2.75) is 6.92 Å². The molecule has 0 fully saturated rings. The number of amides is 2. The van der Waals surface area contributed by atoms with E-state index in [1.165, 1.54) is 23.7 Å². The Hall–Kier alpha value is -4.14. The topological polar surface area (TPSA) is 97.4 Å². The van der Waals surface area contributed by atoms with E-state index < -0.39 is 0 Å². The van der Waals surface area contributed by atoms with Gasteiger partial charge >= 0.3 is 0 Å². The lowest BCUT2D eigenvalue weighted by Crippen LogP contribution is -2.10. The van der Waals surface area contributed by atoms with Crippen LogP contribution in [0.25, 0.3) is 27.6 Å². The first kappa shape index (κ1) is 22.6. The molecule has 0 aliphatic heterocycles. The summed E-state index contributed by atoms with van der Waals surface area (Å²) in [4.78, 5) is 29.0. The number of carbonyl (C=O) groups is 2. The lowest BCUT2D eigenvalue weighted by Gasteiger charge is -2.01. The van der Waals surface area contributed by atoms with Crippen molar-refractivity contribution in [2.75, 3.05) is 10.6 Å². The molecule has 5 rings (SSSR count). The van der Waals surface area contributed by atoms with E-state index in [4.69, 9.17) is 20.4 Å². The van der Waals surface area contributed by atoms with Crippen LogP contribution in [-0.4, -0.2) is 16.8 Å². The molecule has 0 aliphatic rings. The van der Waals surface area contributed by atoms with E-state index in [0.29, 0.717) is 32.9 Å². The van der Waals surface area contributed by atoms with Gasteiger partial charge in [0, 0.05) is 22.3 Å². The zero-order valence-corrected chi connectivity index (χ0v) is 19.9. The number of fused-ring (bicyclic) bond motifs is 1. The summed E-state index contributed by atoms with van der Waals surface area (Å²) in [5.41, 5.74) is 3.17. The van der Waals surface area contributed by atoms with Gasteiger partial charge in [0.2, 0.25) is 5.91 Å². The highest BCUT2D eigenvalue weighted by Crippen LogP contribution is 2.29. The van der Waals surface area contributed by atoms with Crippen molar-refractivity contribution in [3.8, 4) is 11.3 Å². The summed E-state index contributed by atoms with van der Waals surface area (Å²) in [5, 5.41) is 6.64. The fourth-order valence-corrected chi connectivity index (χ4v) is 4.39. The molecule has 2 N–H and O–H groups in total. The molecule has 0 atom stereocenters. The predicted octanol–water partition coefficient (Wildman–Crippen LogP) is 7.02. The zero-order chi connectivity index (χ0) is 24.4. The number of anilines is 2. The van der Waals surface area contributed by atoms with E-state index in [1.54, 1.807) is 42.5 Å². The van der Waals surface area contributed by atoms with E-state index >= 15 is 0 Å². The van der Waals surface area contributed by atoms with Crippen molar-refractivity contribution in [3.63, 3.8) is 0 Å². The molecule has 9 heteroatoms. The summed E-state index contributed by atoms with van der Waals surface area (Å²) in [6.07, 6.45) is 4.43. The molecule has 35 heavy (non-hydrogen) atoms. The van der Waals surface area contributed by atoms with Gasteiger partial charge < -0.3 is 14.2 Å². The smallest absolute Gasteiger partial charge is 0.293 e. The molecule has 0 bridgehead atoms. The molecule has 3 aromatic heterocycles. The number of thiazole rings is 1. The van der Waals surface area contributed by atoms with E-state index in [-0.39, 0.29) is 17.6 Å². The van der Waals surface area contributed by atoms with Crippen molar-refractivity contribution < 1.29 is 18.4 Å². The molecule has 0 spiro atoms. The number of benzene rings is 2. The van der Waals surface area contributed by atoms with Crippen LogP contribution in [0.1, 0.15) is 21.9 Å². The second-order valence-corrected chi connectivity index (χ2v) is 9.06. The van der Waals surface area contributed by atoms with Gasteiger partial charge in [-0.1, -0.05) is 35.1 Å². The predicted molar refractivity (Wildman–Crippen MR) is 138 cm³/mol. The highest BCUT2D eigenvalue weighted by Gasteiger charge is 2.12. The van der Waals surface area contributed by atoms with Crippen molar-refractivity contribution in [1.29, 1.82) is 0 Å². The number of aryl methyl sites for hydroxylation is 1. The third-order valence-corrected chi connectivity index (χ3v) is 6.44. The Kier molecular flexibility index (Phi) is 6.22. The van der Waals surface area contributed by atoms with Crippen molar-refractivity contribution in [2.24, 2.45) is 0 Å². The van der Waals surface area contributed by atoms with E-state index in [2.05, 4.69) is 15.6 Å². The highest BCUT2D eigenvalue weighted by atomic mass is 35.5. The average Bonchev–Trinajstić information content (AvgIpc) is 3.60. The van der Waals surface area contributed by atoms with Crippen LogP contribution < -0.4 is 10.6 Å². The second kappa shape index (κ2) is 9.61. The molecule has 2 amide bonds. The maximum absolute atomic E-state index is 12.4. The largest absolute Gasteiger partial charge is 0.459 e. The standard InChI is InChI=1S/C26H18ClN3O4S/c1-15-4-5-16(13-19(15)27)21-10-7-18(34-21)8-11-24(31)28-17-6-9-20-23(14-17)35-26(29-20)30-25(32)22-3-2-12-33-22/h2-14H,1H3,(H,28,31)(H,29,30,32)/b11-8+. The molecule has 0 saturated heterocycles. The lowest BCUT2D eigenvalue weighted by molar-refractivity contribution is -0.111. The Morgan fingerprint density at radius 3 is 2.74 bits per heavy atom. The number of hydrogen-bond donors (Lipinski definition) is 2. The van der Waals surface area contributed by atoms with Crippen molar-refractivity contribution >= 4 is 61.9 Å². The van der Waals surface area contributed by atoms with Gasteiger partial charge in [-0.15, -0.1) is 0 Å². The van der Waals surface area contributed by atoms with Crippen LogP contribution in [0, 0.1) is 6.92 Å². The zero-order valence-electron chi connectivity index (χ0n) is 18.4. The number of aromatic nitrogens is 1. The van der Waals surface area contributed by atoms with Gasteiger partial charge in [-0.05, 0) is 67.1 Å². The minimum absolute atomic E-state index is 0.204. The number of rotatable bonds is 6. The van der Waals surface area contributed by atoms with Crippen LogP contribution in [0.5, 0.6) is 0 Å². The highest BCUT2D eigenvalue weighted by molar-refractivity contribution is 7.22. The fraction of sp³-hybridized carbons (Fsp3) is 0.0385. The Balaban J connectivity index is 1.23. The van der Waals surface area contributed by atoms with Crippen LogP contribution in [0.3, 0.4) is 0 Å². The van der Waals surface area contributed by atoms with Gasteiger partial charge in [-0.25, -0.2) is 4.98 Å². The summed E-state index contributed by atoms with van der Waals surface area (Å²) in [7, 11) is 0. The minimum Gasteiger partial charge on any atom is -0.459 e. The number of halogens is 1. The molecule has 174 valence electrons. The van der Waals surface area contributed by atoms with Crippen LogP contribution in [-0.2, 0) is 4.79 Å². The number of furan rings is 2. The molecule has 2 aromatic carbocycles. The molecule has 3 heterocycles. The lowest BCUT2D eigenvalue weighted by atomic mass is 10.1. The monoisotopic (exact) mass is 503 g/mol. The first-order valence-electron chi connectivity index (χ1n) is 10.6. The van der Waals surface area contributed by atoms with Gasteiger partial charge in [0.25, 0.3) is 5.91 Å². The average molecular weight is 504 g/mol. The summed E-state index contributed by atoms with van der Waals surface area (Å²) < 4.78 is 11.7. The third kappa shape index (κ3) is 5.18. The number of nitrogens with one attached hydrogen (secondary N) is 2. The van der Waals surface area contributed by atoms with Gasteiger partial charge in [0.05, 0.1) is 16.5 Å². The van der Waals surface area contributed by atoms with E-state index in [1.807, 2.05) is 31.2 Å². The van der Waals surface area contributed by atoms with Crippen LogP contribution in [0.2, 0.25) is 5.02 Å². The Morgan fingerprint density at radius 2 is 1.94 bits per heavy atom. The normalized spacial score (nSPS) is 11.3. The first-order valence-corrected chi connectivity index (χ1v) is 11.7. The number of hydrogen-bond acceptors (Lipinski definition) is 6. The Bertz CT molecular complexity index is 1570. The molecular weight excluding hydrogens is 486 g/mol. The SMILES string of the molecule is Cc1ccc(-c2ccc(/C=C/C(=O)Nc3ccc4nc(NC(=O)c5ccco5)sc4c3)o2)cc1Cl. The van der Waals surface area contributed by atoms with Gasteiger partial charge in [-0.2, -0.15) is 0 Å². The molecule has 0 unspecified atom stereocenters. The van der Waals surface area contributed by atoms with Crippen molar-refractivity contribution in [3.05, 3.63) is 95.1 Å². The quantitative estimate of drug-likeness (QED) is 0.243. The molecule has 0 saturated carbocycles. The maximum Gasteiger partial charge on any atom is 0.293 e. The Morgan fingerprint density at radius 1 is 1.06 bits per heavy atom. The molecular formula is C26H18ClN3O4S. The van der Waals surface area contributed by atoms with Gasteiger partial charge in [0.15, 0.2) is 10.9 Å². The summed E-state index contributed by atoms with van der Waals surface area (Å²) in [6, 6.07) is 17.9. The van der Waals surface area contributed by atoms with Gasteiger partial charge in [-0.3, -0.25) is 14.9 Å².